The number of para-hydroxylation sites is 1. The van der Waals surface area contributed by atoms with Crippen molar-refractivity contribution in [2.24, 2.45) is 0 Å². The van der Waals surface area contributed by atoms with Crippen molar-refractivity contribution < 1.29 is 23.5 Å². The molecule has 166 valence electrons. The molecule has 0 saturated carbocycles. The first-order valence-electron chi connectivity index (χ1n) is 10.3. The van der Waals surface area contributed by atoms with Gasteiger partial charge in [0.25, 0.3) is 11.8 Å². The number of likely N-dealkylation sites (N-methyl/N-ethyl adjacent to an activating group) is 1. The van der Waals surface area contributed by atoms with Crippen LogP contribution in [0.3, 0.4) is 0 Å². The average molecular weight is 442 g/mol. The van der Waals surface area contributed by atoms with Gasteiger partial charge in [-0.05, 0) is 47.2 Å². The van der Waals surface area contributed by atoms with E-state index >= 15 is 0 Å². The molecule has 2 amide bonds. The molecule has 1 aromatic heterocycles. The zero-order valence-corrected chi connectivity index (χ0v) is 18.0. The number of benzene rings is 3. The fourth-order valence-corrected chi connectivity index (χ4v) is 3.39. The minimum absolute atomic E-state index is 0.223. The quantitative estimate of drug-likeness (QED) is 0.434. The third-order valence-corrected chi connectivity index (χ3v) is 5.20. The van der Waals surface area contributed by atoms with Gasteiger partial charge in [-0.3, -0.25) is 9.59 Å². The molecular formula is C26H22N2O5. The number of nitrogens with zero attached hydrogens (tertiary/aromatic N) is 1. The van der Waals surface area contributed by atoms with E-state index in [4.69, 9.17) is 9.15 Å². The number of esters is 1. The molecule has 0 aliphatic rings. The standard InChI is InChI=1S/C26H22N2O5/c1-28(23-11-5-4-10-22(23)25(30)27-16-21-9-6-14-32-21)24(29)17-33-26(31)20-13-12-18-7-2-3-8-19(18)15-20/h2-15H,16-17H2,1H3,(H,27,30). The maximum atomic E-state index is 12.7. The summed E-state index contributed by atoms with van der Waals surface area (Å²) in [5.74, 6) is -0.789. The Hall–Kier alpha value is -4.39. The number of carbonyl (C=O) groups excluding carboxylic acids is 3. The summed E-state index contributed by atoms with van der Waals surface area (Å²) in [5.41, 5.74) is 1.09. The lowest BCUT2D eigenvalue weighted by atomic mass is 10.1. The minimum atomic E-state index is -0.591. The van der Waals surface area contributed by atoms with Crippen LogP contribution >= 0.6 is 0 Å². The van der Waals surface area contributed by atoms with Gasteiger partial charge in [-0.25, -0.2) is 4.79 Å². The summed E-state index contributed by atoms with van der Waals surface area (Å²) in [5, 5.41) is 4.68. The fourth-order valence-electron chi connectivity index (χ4n) is 3.39. The number of fused-ring (bicyclic) bond motifs is 1. The zero-order valence-electron chi connectivity index (χ0n) is 18.0. The maximum Gasteiger partial charge on any atom is 0.338 e. The third kappa shape index (κ3) is 5.10. The number of ether oxygens (including phenoxy) is 1. The van der Waals surface area contributed by atoms with Gasteiger partial charge >= 0.3 is 5.97 Å². The maximum absolute atomic E-state index is 12.7. The predicted octanol–water partition coefficient (Wildman–Crippen LogP) is 4.18. The Morgan fingerprint density at radius 1 is 0.909 bits per heavy atom. The lowest BCUT2D eigenvalue weighted by Gasteiger charge is -2.20. The molecule has 7 nitrogen and oxygen atoms in total. The molecule has 0 bridgehead atoms. The molecule has 0 aliphatic carbocycles. The van der Waals surface area contributed by atoms with Gasteiger partial charge in [0.05, 0.1) is 29.6 Å². The predicted molar refractivity (Wildman–Crippen MR) is 124 cm³/mol. The van der Waals surface area contributed by atoms with Crippen LogP contribution in [-0.4, -0.2) is 31.4 Å². The van der Waals surface area contributed by atoms with E-state index in [9.17, 15) is 14.4 Å². The highest BCUT2D eigenvalue weighted by Gasteiger charge is 2.20. The molecule has 7 heteroatoms. The molecule has 1 N–H and O–H groups in total. The van der Waals surface area contributed by atoms with Crippen LogP contribution < -0.4 is 10.2 Å². The number of furan rings is 1. The van der Waals surface area contributed by atoms with Crippen LogP contribution in [0.1, 0.15) is 26.5 Å². The third-order valence-electron chi connectivity index (χ3n) is 5.20. The van der Waals surface area contributed by atoms with Crippen molar-refractivity contribution in [2.45, 2.75) is 6.54 Å². The summed E-state index contributed by atoms with van der Waals surface area (Å²) in [6.45, 7) is -0.230. The molecular weight excluding hydrogens is 420 g/mol. The number of rotatable bonds is 7. The van der Waals surface area contributed by atoms with Crippen molar-refractivity contribution in [3.05, 3.63) is 102 Å². The molecule has 0 aliphatic heterocycles. The number of carbonyl (C=O) groups is 3. The van der Waals surface area contributed by atoms with Crippen molar-refractivity contribution in [1.82, 2.24) is 5.32 Å². The molecule has 33 heavy (non-hydrogen) atoms. The number of amides is 2. The second kappa shape index (κ2) is 9.82. The van der Waals surface area contributed by atoms with Crippen LogP contribution in [0.25, 0.3) is 10.8 Å². The Morgan fingerprint density at radius 3 is 2.45 bits per heavy atom. The summed E-state index contributed by atoms with van der Waals surface area (Å²) in [6.07, 6.45) is 1.53. The van der Waals surface area contributed by atoms with Crippen molar-refractivity contribution in [2.75, 3.05) is 18.6 Å². The van der Waals surface area contributed by atoms with Gasteiger partial charge in [0.15, 0.2) is 6.61 Å². The second-order valence-electron chi connectivity index (χ2n) is 7.37. The number of anilines is 1. The minimum Gasteiger partial charge on any atom is -0.467 e. The molecule has 0 saturated heterocycles. The SMILES string of the molecule is CN(C(=O)COC(=O)c1ccc2ccccc2c1)c1ccccc1C(=O)NCc1ccco1. The Morgan fingerprint density at radius 2 is 1.67 bits per heavy atom. The summed E-state index contributed by atoms with van der Waals surface area (Å²) < 4.78 is 10.5. The van der Waals surface area contributed by atoms with Crippen molar-refractivity contribution in [1.29, 1.82) is 0 Å². The van der Waals surface area contributed by atoms with E-state index in [0.717, 1.165) is 10.8 Å². The molecule has 0 fully saturated rings. The van der Waals surface area contributed by atoms with Crippen LogP contribution in [0.15, 0.2) is 89.5 Å². The van der Waals surface area contributed by atoms with E-state index in [-0.39, 0.29) is 12.5 Å². The van der Waals surface area contributed by atoms with Gasteiger partial charge in [-0.15, -0.1) is 0 Å². The molecule has 0 atom stereocenters. The molecule has 4 rings (SSSR count). The van der Waals surface area contributed by atoms with Gasteiger partial charge in [0.2, 0.25) is 0 Å². The zero-order chi connectivity index (χ0) is 23.2. The van der Waals surface area contributed by atoms with Crippen molar-refractivity contribution >= 4 is 34.2 Å². The Bertz CT molecular complexity index is 1300. The lowest BCUT2D eigenvalue weighted by Crippen LogP contribution is -2.33. The average Bonchev–Trinajstić information content (AvgIpc) is 3.38. The number of hydrogen-bond acceptors (Lipinski definition) is 5. The lowest BCUT2D eigenvalue weighted by molar-refractivity contribution is -0.121. The van der Waals surface area contributed by atoms with Crippen LogP contribution in [0, 0.1) is 0 Å². The number of nitrogens with one attached hydrogen (secondary N) is 1. The van der Waals surface area contributed by atoms with E-state index in [0.29, 0.717) is 22.6 Å². The molecule has 0 radical (unpaired) electrons. The first kappa shape index (κ1) is 21.8. The summed E-state index contributed by atoms with van der Waals surface area (Å²) >= 11 is 0. The van der Waals surface area contributed by atoms with Crippen LogP contribution in [0.5, 0.6) is 0 Å². The molecule has 0 unspecified atom stereocenters. The second-order valence-corrected chi connectivity index (χ2v) is 7.37. The van der Waals surface area contributed by atoms with Gasteiger partial charge in [0.1, 0.15) is 5.76 Å². The van der Waals surface area contributed by atoms with E-state index in [1.165, 1.54) is 18.2 Å². The highest BCUT2D eigenvalue weighted by molar-refractivity contribution is 6.05. The highest BCUT2D eigenvalue weighted by Crippen LogP contribution is 2.20. The van der Waals surface area contributed by atoms with Crippen molar-refractivity contribution in [3.8, 4) is 0 Å². The fraction of sp³-hybridized carbons (Fsp3) is 0.115. The Labute approximate surface area is 190 Å². The molecule has 1 heterocycles. The first-order valence-corrected chi connectivity index (χ1v) is 10.3. The van der Waals surface area contributed by atoms with Gasteiger partial charge in [0, 0.05) is 7.05 Å². The topological polar surface area (TPSA) is 88.8 Å². The summed E-state index contributed by atoms with van der Waals surface area (Å²) in [4.78, 5) is 39.1. The molecule has 4 aromatic rings. The smallest absolute Gasteiger partial charge is 0.338 e. The van der Waals surface area contributed by atoms with Crippen LogP contribution in [-0.2, 0) is 16.1 Å². The molecule has 3 aromatic carbocycles. The summed E-state index contributed by atoms with van der Waals surface area (Å²) in [7, 11) is 1.53. The first-order chi connectivity index (χ1) is 16.0. The van der Waals surface area contributed by atoms with Crippen LogP contribution in [0.2, 0.25) is 0 Å². The summed E-state index contributed by atoms with van der Waals surface area (Å²) in [6, 6.07) is 23.1. The largest absolute Gasteiger partial charge is 0.467 e. The van der Waals surface area contributed by atoms with Crippen molar-refractivity contribution in [3.63, 3.8) is 0 Å². The highest BCUT2D eigenvalue weighted by atomic mass is 16.5. The normalized spacial score (nSPS) is 10.6. The molecule has 0 spiro atoms. The van der Waals surface area contributed by atoms with Gasteiger partial charge < -0.3 is 19.4 Å². The monoisotopic (exact) mass is 442 g/mol. The van der Waals surface area contributed by atoms with Gasteiger partial charge in [-0.2, -0.15) is 0 Å². The number of hydrogen-bond donors (Lipinski definition) is 1. The van der Waals surface area contributed by atoms with E-state index < -0.39 is 18.5 Å². The van der Waals surface area contributed by atoms with E-state index in [2.05, 4.69) is 5.32 Å². The van der Waals surface area contributed by atoms with E-state index in [1.807, 2.05) is 30.3 Å². The Kier molecular flexibility index (Phi) is 6.50. The van der Waals surface area contributed by atoms with E-state index in [1.54, 1.807) is 48.5 Å². The van der Waals surface area contributed by atoms with Gasteiger partial charge in [-0.1, -0.05) is 42.5 Å². The van der Waals surface area contributed by atoms with Crippen LogP contribution in [0.4, 0.5) is 5.69 Å². The Balaban J connectivity index is 1.40.